The zero-order valence-electron chi connectivity index (χ0n) is 15.4. The third kappa shape index (κ3) is 3.43. The summed E-state index contributed by atoms with van der Waals surface area (Å²) in [6.07, 6.45) is 5.18. The minimum absolute atomic E-state index is 0.0451. The molecule has 1 aromatic carbocycles. The molecule has 3 rings (SSSR count). The van der Waals surface area contributed by atoms with Gasteiger partial charge in [0.15, 0.2) is 0 Å². The van der Waals surface area contributed by atoms with Crippen LogP contribution in [0.5, 0.6) is 0 Å². The molecule has 1 atom stereocenters. The summed E-state index contributed by atoms with van der Waals surface area (Å²) < 4.78 is 2.28. The van der Waals surface area contributed by atoms with Crippen molar-refractivity contribution in [2.24, 2.45) is 0 Å². The fourth-order valence-corrected chi connectivity index (χ4v) is 3.40. The zero-order chi connectivity index (χ0) is 18.0. The highest BCUT2D eigenvalue weighted by Gasteiger charge is 2.21. The molecular formula is C21H25N3O. The van der Waals surface area contributed by atoms with E-state index in [4.69, 9.17) is 0 Å². The van der Waals surface area contributed by atoms with Gasteiger partial charge in [0, 0.05) is 32.9 Å². The minimum atomic E-state index is 0.0451. The fourth-order valence-electron chi connectivity index (χ4n) is 3.40. The normalized spacial score (nSPS) is 12.3. The zero-order valence-corrected chi connectivity index (χ0v) is 15.4. The highest BCUT2D eigenvalue weighted by molar-refractivity contribution is 5.83. The van der Waals surface area contributed by atoms with Gasteiger partial charge >= 0.3 is 0 Å². The number of fused-ring (bicyclic) bond motifs is 1. The number of amides is 1. The Hall–Kier alpha value is -2.62. The molecule has 0 saturated carbocycles. The summed E-state index contributed by atoms with van der Waals surface area (Å²) in [5.41, 5.74) is 4.64. The first-order valence-corrected chi connectivity index (χ1v) is 8.67. The standard InChI is InChI=1S/C21H25N3O/c1-15-8-6-13-22-20(15)18(10-11-19(25)23(3)4)24-14-12-17-9-5-7-16(2)21(17)24/h5-9,12-14,18H,10-11H2,1-4H3. The molecule has 0 fully saturated rings. The van der Waals surface area contributed by atoms with Crippen LogP contribution in [0.25, 0.3) is 10.9 Å². The molecular weight excluding hydrogens is 310 g/mol. The van der Waals surface area contributed by atoms with E-state index in [1.807, 2.05) is 12.3 Å². The van der Waals surface area contributed by atoms with Crippen molar-refractivity contribution in [1.82, 2.24) is 14.5 Å². The number of hydrogen-bond donors (Lipinski definition) is 0. The van der Waals surface area contributed by atoms with Gasteiger partial charge in [0.05, 0.1) is 17.3 Å². The van der Waals surface area contributed by atoms with Gasteiger partial charge in [0.25, 0.3) is 0 Å². The van der Waals surface area contributed by atoms with Crippen molar-refractivity contribution in [3.8, 4) is 0 Å². The highest BCUT2D eigenvalue weighted by atomic mass is 16.2. The first-order chi connectivity index (χ1) is 12.0. The van der Waals surface area contributed by atoms with Gasteiger partial charge in [-0.3, -0.25) is 9.78 Å². The van der Waals surface area contributed by atoms with Crippen molar-refractivity contribution in [1.29, 1.82) is 0 Å². The van der Waals surface area contributed by atoms with Crippen LogP contribution in [-0.4, -0.2) is 34.5 Å². The maximum Gasteiger partial charge on any atom is 0.222 e. The molecule has 0 spiro atoms. The molecule has 0 N–H and O–H groups in total. The van der Waals surface area contributed by atoms with Crippen LogP contribution >= 0.6 is 0 Å². The van der Waals surface area contributed by atoms with Gasteiger partial charge in [-0.2, -0.15) is 0 Å². The minimum Gasteiger partial charge on any atom is -0.349 e. The summed E-state index contributed by atoms with van der Waals surface area (Å²) in [5.74, 6) is 0.145. The first kappa shape index (κ1) is 17.2. The van der Waals surface area contributed by atoms with Crippen molar-refractivity contribution in [3.63, 3.8) is 0 Å². The van der Waals surface area contributed by atoms with Crippen molar-refractivity contribution >= 4 is 16.8 Å². The lowest BCUT2D eigenvalue weighted by Crippen LogP contribution is -2.23. The average molecular weight is 335 g/mol. The summed E-state index contributed by atoms with van der Waals surface area (Å²) in [6.45, 7) is 4.22. The third-order valence-corrected chi connectivity index (χ3v) is 4.77. The van der Waals surface area contributed by atoms with Gasteiger partial charge in [0.1, 0.15) is 0 Å². The number of carbonyl (C=O) groups excluding carboxylic acids is 1. The maximum absolute atomic E-state index is 12.2. The SMILES string of the molecule is Cc1cccnc1C(CCC(=O)N(C)C)n1ccc2cccc(C)c21. The highest BCUT2D eigenvalue weighted by Crippen LogP contribution is 2.31. The molecule has 0 bridgehead atoms. The summed E-state index contributed by atoms with van der Waals surface area (Å²) in [7, 11) is 3.61. The molecule has 130 valence electrons. The molecule has 0 aliphatic rings. The van der Waals surface area contributed by atoms with Crippen LogP contribution in [0.2, 0.25) is 0 Å². The molecule has 0 saturated heterocycles. The van der Waals surface area contributed by atoms with Crippen molar-refractivity contribution in [2.45, 2.75) is 32.7 Å². The van der Waals surface area contributed by atoms with E-state index in [-0.39, 0.29) is 11.9 Å². The van der Waals surface area contributed by atoms with Crippen molar-refractivity contribution in [3.05, 3.63) is 65.6 Å². The molecule has 25 heavy (non-hydrogen) atoms. The number of carbonyl (C=O) groups is 1. The predicted molar refractivity (Wildman–Crippen MR) is 102 cm³/mol. The Labute approximate surface area is 149 Å². The second-order valence-electron chi connectivity index (χ2n) is 6.78. The lowest BCUT2D eigenvalue weighted by molar-refractivity contribution is -0.128. The number of benzene rings is 1. The van der Waals surface area contributed by atoms with E-state index in [9.17, 15) is 4.79 Å². The van der Waals surface area contributed by atoms with E-state index >= 15 is 0 Å². The van der Waals surface area contributed by atoms with Gasteiger partial charge in [-0.05, 0) is 48.9 Å². The van der Waals surface area contributed by atoms with Gasteiger partial charge in [-0.25, -0.2) is 0 Å². The molecule has 0 aliphatic heterocycles. The van der Waals surface area contributed by atoms with Crippen LogP contribution in [0.4, 0.5) is 0 Å². The summed E-state index contributed by atoms with van der Waals surface area (Å²) in [4.78, 5) is 18.5. The Morgan fingerprint density at radius 1 is 1.12 bits per heavy atom. The average Bonchev–Trinajstić information content (AvgIpc) is 3.01. The first-order valence-electron chi connectivity index (χ1n) is 8.67. The number of aryl methyl sites for hydroxylation is 2. The van der Waals surface area contributed by atoms with Gasteiger partial charge in [0.2, 0.25) is 5.91 Å². The number of hydrogen-bond acceptors (Lipinski definition) is 2. The molecule has 4 heteroatoms. The van der Waals surface area contributed by atoms with E-state index < -0.39 is 0 Å². The Morgan fingerprint density at radius 2 is 1.88 bits per heavy atom. The summed E-state index contributed by atoms with van der Waals surface area (Å²) in [5, 5.41) is 1.22. The van der Waals surface area contributed by atoms with Gasteiger partial charge in [-0.1, -0.05) is 24.3 Å². The number of rotatable bonds is 5. The Balaban J connectivity index is 2.07. The van der Waals surface area contributed by atoms with Crippen LogP contribution in [0.3, 0.4) is 0 Å². The number of pyridine rings is 1. The molecule has 3 aromatic rings. The smallest absolute Gasteiger partial charge is 0.222 e. The predicted octanol–water partition coefficient (Wildman–Crippen LogP) is 4.11. The van der Waals surface area contributed by atoms with Crippen LogP contribution in [-0.2, 0) is 4.79 Å². The summed E-state index contributed by atoms with van der Waals surface area (Å²) >= 11 is 0. The number of para-hydroxylation sites is 1. The van der Waals surface area contributed by atoms with Gasteiger partial charge < -0.3 is 9.47 Å². The second-order valence-corrected chi connectivity index (χ2v) is 6.78. The number of aromatic nitrogens is 2. The Bertz CT molecular complexity index is 895. The van der Waals surface area contributed by atoms with E-state index in [1.165, 1.54) is 16.5 Å². The second kappa shape index (κ2) is 7.09. The van der Waals surface area contributed by atoms with Crippen LogP contribution in [0, 0.1) is 13.8 Å². The maximum atomic E-state index is 12.2. The lowest BCUT2D eigenvalue weighted by atomic mass is 10.0. The Morgan fingerprint density at radius 3 is 2.60 bits per heavy atom. The molecule has 0 aliphatic carbocycles. The van der Waals surface area contributed by atoms with Crippen LogP contribution < -0.4 is 0 Å². The molecule has 1 amide bonds. The lowest BCUT2D eigenvalue weighted by Gasteiger charge is -2.23. The quantitative estimate of drug-likeness (QED) is 0.704. The fraction of sp³-hybridized carbons (Fsp3) is 0.333. The van der Waals surface area contributed by atoms with Gasteiger partial charge in [-0.15, -0.1) is 0 Å². The van der Waals surface area contributed by atoms with E-state index in [0.717, 1.165) is 17.7 Å². The monoisotopic (exact) mass is 335 g/mol. The molecule has 1 unspecified atom stereocenters. The molecule has 4 nitrogen and oxygen atoms in total. The van der Waals surface area contributed by atoms with E-state index in [0.29, 0.717) is 6.42 Å². The third-order valence-electron chi connectivity index (χ3n) is 4.77. The molecule has 0 radical (unpaired) electrons. The summed E-state index contributed by atoms with van der Waals surface area (Å²) in [6, 6.07) is 12.6. The van der Waals surface area contributed by atoms with E-state index in [2.05, 4.69) is 59.9 Å². The van der Waals surface area contributed by atoms with Crippen molar-refractivity contribution in [2.75, 3.05) is 14.1 Å². The largest absolute Gasteiger partial charge is 0.349 e. The molecule has 2 aromatic heterocycles. The van der Waals surface area contributed by atoms with E-state index in [1.54, 1.807) is 19.0 Å². The number of nitrogens with zero attached hydrogens (tertiary/aromatic N) is 3. The molecule has 2 heterocycles. The Kier molecular flexibility index (Phi) is 4.88. The van der Waals surface area contributed by atoms with Crippen LogP contribution in [0.15, 0.2) is 48.8 Å². The van der Waals surface area contributed by atoms with Crippen LogP contribution in [0.1, 0.15) is 35.7 Å². The topological polar surface area (TPSA) is 38.1 Å². The van der Waals surface area contributed by atoms with Crippen molar-refractivity contribution < 1.29 is 4.79 Å².